The zero-order chi connectivity index (χ0) is 14.4. The summed E-state index contributed by atoms with van der Waals surface area (Å²) in [5.41, 5.74) is 1.22. The van der Waals surface area contributed by atoms with Crippen LogP contribution in [0.1, 0.15) is 85.5 Å². The summed E-state index contributed by atoms with van der Waals surface area (Å²) in [5.74, 6) is 1.69. The second-order valence-electron chi connectivity index (χ2n) is 9.00. The van der Waals surface area contributed by atoms with E-state index in [4.69, 9.17) is 4.74 Å². The van der Waals surface area contributed by atoms with E-state index in [-0.39, 0.29) is 5.60 Å². The SMILES string of the molecule is CC1(C)CCCC2(C)C1CCC1(C)OCCCCCC12. The minimum Gasteiger partial charge on any atom is -0.375 e. The van der Waals surface area contributed by atoms with Crippen LogP contribution in [-0.2, 0) is 4.74 Å². The van der Waals surface area contributed by atoms with Crippen molar-refractivity contribution in [2.75, 3.05) is 6.61 Å². The molecule has 2 saturated carbocycles. The molecule has 2 aliphatic carbocycles. The maximum absolute atomic E-state index is 6.46. The van der Waals surface area contributed by atoms with Gasteiger partial charge in [0.15, 0.2) is 0 Å². The van der Waals surface area contributed by atoms with Gasteiger partial charge in [-0.1, -0.05) is 40.0 Å². The van der Waals surface area contributed by atoms with Gasteiger partial charge in [-0.05, 0) is 68.1 Å². The van der Waals surface area contributed by atoms with Gasteiger partial charge in [0.05, 0.1) is 5.60 Å². The lowest BCUT2D eigenvalue weighted by Crippen LogP contribution is -2.58. The van der Waals surface area contributed by atoms with Crippen molar-refractivity contribution in [2.24, 2.45) is 22.7 Å². The maximum atomic E-state index is 6.46. The fourth-order valence-electron chi connectivity index (χ4n) is 6.35. The summed E-state index contributed by atoms with van der Waals surface area (Å²) in [5, 5.41) is 0. The Morgan fingerprint density at radius 1 is 0.750 bits per heavy atom. The molecular weight excluding hydrogens is 244 g/mol. The highest BCUT2D eigenvalue weighted by atomic mass is 16.5. The Balaban J connectivity index is 1.94. The van der Waals surface area contributed by atoms with Crippen LogP contribution in [0.25, 0.3) is 0 Å². The Morgan fingerprint density at radius 2 is 1.55 bits per heavy atom. The molecule has 116 valence electrons. The number of ether oxygens (including phenoxy) is 1. The molecule has 3 rings (SSSR count). The molecule has 0 aromatic heterocycles. The summed E-state index contributed by atoms with van der Waals surface area (Å²) in [7, 11) is 0. The monoisotopic (exact) mass is 278 g/mol. The van der Waals surface area contributed by atoms with Gasteiger partial charge in [0, 0.05) is 6.61 Å². The van der Waals surface area contributed by atoms with Crippen LogP contribution in [0.5, 0.6) is 0 Å². The van der Waals surface area contributed by atoms with Crippen molar-refractivity contribution in [2.45, 2.75) is 91.1 Å². The fraction of sp³-hybridized carbons (Fsp3) is 1.00. The van der Waals surface area contributed by atoms with Crippen LogP contribution in [0, 0.1) is 22.7 Å². The van der Waals surface area contributed by atoms with E-state index < -0.39 is 0 Å². The van der Waals surface area contributed by atoms with E-state index in [9.17, 15) is 0 Å². The Labute approximate surface area is 125 Å². The first-order valence-electron chi connectivity index (χ1n) is 9.02. The molecule has 4 atom stereocenters. The molecule has 0 amide bonds. The van der Waals surface area contributed by atoms with Gasteiger partial charge in [0.25, 0.3) is 0 Å². The van der Waals surface area contributed by atoms with Gasteiger partial charge in [-0.25, -0.2) is 0 Å². The van der Waals surface area contributed by atoms with Crippen molar-refractivity contribution >= 4 is 0 Å². The minimum absolute atomic E-state index is 0.166. The maximum Gasteiger partial charge on any atom is 0.0687 e. The van der Waals surface area contributed by atoms with Gasteiger partial charge in [0.2, 0.25) is 0 Å². The first-order chi connectivity index (χ1) is 9.39. The largest absolute Gasteiger partial charge is 0.375 e. The number of fused-ring (bicyclic) bond motifs is 3. The number of rotatable bonds is 0. The molecule has 3 aliphatic rings. The van der Waals surface area contributed by atoms with Crippen LogP contribution in [0.3, 0.4) is 0 Å². The number of hydrogen-bond acceptors (Lipinski definition) is 1. The summed E-state index contributed by atoms with van der Waals surface area (Å²) >= 11 is 0. The third kappa shape index (κ3) is 2.25. The highest BCUT2D eigenvalue weighted by Gasteiger charge is 2.58. The summed E-state index contributed by atoms with van der Waals surface area (Å²) < 4.78 is 6.46. The Bertz CT molecular complexity index is 361. The van der Waals surface area contributed by atoms with E-state index in [1.54, 1.807) is 0 Å². The normalized spacial score (nSPS) is 48.6. The molecule has 0 N–H and O–H groups in total. The van der Waals surface area contributed by atoms with Crippen LogP contribution in [-0.4, -0.2) is 12.2 Å². The van der Waals surface area contributed by atoms with Crippen LogP contribution in [0.4, 0.5) is 0 Å². The molecule has 0 spiro atoms. The molecule has 20 heavy (non-hydrogen) atoms. The van der Waals surface area contributed by atoms with Gasteiger partial charge < -0.3 is 4.74 Å². The van der Waals surface area contributed by atoms with E-state index in [0.717, 1.165) is 18.4 Å². The van der Waals surface area contributed by atoms with E-state index in [0.29, 0.717) is 10.8 Å². The Kier molecular flexibility index (Phi) is 3.72. The van der Waals surface area contributed by atoms with Gasteiger partial charge >= 0.3 is 0 Å². The van der Waals surface area contributed by atoms with Gasteiger partial charge in [0.1, 0.15) is 0 Å². The second-order valence-corrected chi connectivity index (χ2v) is 9.00. The Hall–Kier alpha value is -0.0400. The van der Waals surface area contributed by atoms with Crippen LogP contribution in [0.2, 0.25) is 0 Å². The van der Waals surface area contributed by atoms with Crippen molar-refractivity contribution in [1.29, 1.82) is 0 Å². The highest BCUT2D eigenvalue weighted by Crippen LogP contribution is 2.63. The van der Waals surface area contributed by atoms with Crippen molar-refractivity contribution in [3.8, 4) is 0 Å². The first-order valence-corrected chi connectivity index (χ1v) is 9.02. The molecule has 0 radical (unpaired) electrons. The molecule has 0 aromatic carbocycles. The zero-order valence-electron chi connectivity index (χ0n) is 14.1. The summed E-state index contributed by atoms with van der Waals surface area (Å²) in [6.07, 6.45) is 12.4. The van der Waals surface area contributed by atoms with Crippen molar-refractivity contribution in [3.05, 3.63) is 0 Å². The molecule has 1 heterocycles. The third-order valence-electron chi connectivity index (χ3n) is 7.31. The molecule has 3 fully saturated rings. The average Bonchev–Trinajstić information content (AvgIpc) is 2.32. The molecule has 1 heteroatoms. The first kappa shape index (κ1) is 14.9. The van der Waals surface area contributed by atoms with E-state index in [2.05, 4.69) is 27.7 Å². The van der Waals surface area contributed by atoms with Crippen LogP contribution in [0.15, 0.2) is 0 Å². The quantitative estimate of drug-likeness (QED) is 0.562. The molecule has 0 aromatic rings. The molecule has 1 aliphatic heterocycles. The molecule has 4 unspecified atom stereocenters. The van der Waals surface area contributed by atoms with Crippen molar-refractivity contribution in [3.63, 3.8) is 0 Å². The second kappa shape index (κ2) is 5.00. The number of hydrogen-bond donors (Lipinski definition) is 0. The van der Waals surface area contributed by atoms with Crippen molar-refractivity contribution in [1.82, 2.24) is 0 Å². The van der Waals surface area contributed by atoms with E-state index >= 15 is 0 Å². The van der Waals surface area contributed by atoms with E-state index in [1.807, 2.05) is 0 Å². The average molecular weight is 278 g/mol. The predicted octanol–water partition coefficient (Wildman–Crippen LogP) is 5.58. The summed E-state index contributed by atoms with van der Waals surface area (Å²) in [6.45, 7) is 11.1. The third-order valence-corrected chi connectivity index (χ3v) is 7.31. The lowest BCUT2D eigenvalue weighted by molar-refractivity contribution is -0.197. The van der Waals surface area contributed by atoms with Crippen LogP contribution >= 0.6 is 0 Å². The van der Waals surface area contributed by atoms with Gasteiger partial charge in [-0.2, -0.15) is 0 Å². The highest BCUT2D eigenvalue weighted by molar-refractivity contribution is 5.08. The topological polar surface area (TPSA) is 9.23 Å². The molecule has 0 bridgehead atoms. The van der Waals surface area contributed by atoms with Gasteiger partial charge in [-0.15, -0.1) is 0 Å². The Morgan fingerprint density at radius 3 is 2.35 bits per heavy atom. The van der Waals surface area contributed by atoms with Crippen molar-refractivity contribution < 1.29 is 4.74 Å². The smallest absolute Gasteiger partial charge is 0.0687 e. The van der Waals surface area contributed by atoms with Gasteiger partial charge in [-0.3, -0.25) is 0 Å². The minimum atomic E-state index is 0.166. The standard InChI is InChI=1S/C19H34O/c1-17(2)11-8-12-18(3)15(17)10-13-19(4)16(18)9-6-5-7-14-20-19/h15-16H,5-14H2,1-4H3. The molecular formula is C19H34O. The lowest BCUT2D eigenvalue weighted by Gasteiger charge is -2.62. The predicted molar refractivity (Wildman–Crippen MR) is 84.8 cm³/mol. The molecule has 1 saturated heterocycles. The van der Waals surface area contributed by atoms with Crippen LogP contribution < -0.4 is 0 Å². The van der Waals surface area contributed by atoms with E-state index in [1.165, 1.54) is 57.8 Å². The summed E-state index contributed by atoms with van der Waals surface area (Å²) in [4.78, 5) is 0. The summed E-state index contributed by atoms with van der Waals surface area (Å²) in [6, 6.07) is 0. The molecule has 1 nitrogen and oxygen atoms in total. The lowest BCUT2D eigenvalue weighted by atomic mass is 9.45. The fourth-order valence-corrected chi connectivity index (χ4v) is 6.35. The zero-order valence-corrected chi connectivity index (χ0v) is 14.1.